The first kappa shape index (κ1) is 21.2. The summed E-state index contributed by atoms with van der Waals surface area (Å²) >= 11 is 0. The van der Waals surface area contributed by atoms with Gasteiger partial charge in [0.1, 0.15) is 18.0 Å². The van der Waals surface area contributed by atoms with Crippen LogP contribution in [-0.2, 0) is 13.2 Å². The van der Waals surface area contributed by atoms with E-state index in [0.717, 1.165) is 48.0 Å². The highest BCUT2D eigenvalue weighted by atomic mass is 16.5. The van der Waals surface area contributed by atoms with Crippen molar-refractivity contribution in [3.8, 4) is 5.75 Å². The molecule has 0 spiro atoms. The van der Waals surface area contributed by atoms with Crippen molar-refractivity contribution in [3.63, 3.8) is 0 Å². The molecule has 1 aliphatic heterocycles. The van der Waals surface area contributed by atoms with Gasteiger partial charge in [0.2, 0.25) is 0 Å². The van der Waals surface area contributed by atoms with E-state index in [2.05, 4.69) is 15.0 Å². The summed E-state index contributed by atoms with van der Waals surface area (Å²) in [5, 5.41) is 3.93. The number of nitrogens with zero attached hydrogens (tertiary/aromatic N) is 5. The molecule has 0 aliphatic carbocycles. The number of carbonyl (C=O) groups excluding carboxylic acids is 1. The molecule has 0 atom stereocenters. The van der Waals surface area contributed by atoms with Crippen molar-refractivity contribution in [1.29, 1.82) is 0 Å². The summed E-state index contributed by atoms with van der Waals surface area (Å²) in [5.41, 5.74) is 4.49. The summed E-state index contributed by atoms with van der Waals surface area (Å²) in [6.07, 6.45) is 3.96. The first-order valence-electron chi connectivity index (χ1n) is 11.1. The van der Waals surface area contributed by atoms with Gasteiger partial charge < -0.3 is 18.6 Å². The molecule has 0 N–H and O–H groups in total. The standard InChI is InChI=1S/C25H27N5O3/c1-18-4-3-9-30-15-21(26-24(18)30)17-32-22-7-5-20(6-8-22)25(31)29-12-10-28(11-13-29)16-23-14-19(2)27-33-23/h3-9,14-15H,10-13,16-17H2,1-2H3. The number of hydrogen-bond acceptors (Lipinski definition) is 6. The number of amides is 1. The fraction of sp³-hybridized carbons (Fsp3) is 0.320. The number of pyridine rings is 1. The van der Waals surface area contributed by atoms with Gasteiger partial charge in [0.15, 0.2) is 5.76 Å². The fourth-order valence-corrected chi connectivity index (χ4v) is 4.13. The smallest absolute Gasteiger partial charge is 0.253 e. The van der Waals surface area contributed by atoms with Crippen LogP contribution in [0, 0.1) is 13.8 Å². The number of imidazole rings is 1. The summed E-state index contributed by atoms with van der Waals surface area (Å²) in [4.78, 5) is 21.7. The third kappa shape index (κ3) is 4.75. The Bertz CT molecular complexity index is 1250. The van der Waals surface area contributed by atoms with E-state index in [4.69, 9.17) is 9.26 Å². The van der Waals surface area contributed by atoms with E-state index in [9.17, 15) is 4.79 Å². The molecule has 33 heavy (non-hydrogen) atoms. The molecule has 1 fully saturated rings. The molecule has 170 valence electrons. The zero-order valence-electron chi connectivity index (χ0n) is 18.9. The van der Waals surface area contributed by atoms with Gasteiger partial charge in [0.25, 0.3) is 5.91 Å². The lowest BCUT2D eigenvalue weighted by Gasteiger charge is -2.34. The summed E-state index contributed by atoms with van der Waals surface area (Å²) in [7, 11) is 0. The largest absolute Gasteiger partial charge is 0.487 e. The Hall–Kier alpha value is -3.65. The van der Waals surface area contributed by atoms with Crippen LogP contribution in [-0.4, -0.2) is 56.4 Å². The zero-order valence-corrected chi connectivity index (χ0v) is 18.9. The number of ether oxygens (including phenoxy) is 1. The molecular weight excluding hydrogens is 418 g/mol. The number of piperazine rings is 1. The van der Waals surface area contributed by atoms with Gasteiger partial charge in [-0.1, -0.05) is 11.2 Å². The van der Waals surface area contributed by atoms with Crippen LogP contribution in [0.25, 0.3) is 5.65 Å². The SMILES string of the molecule is Cc1cc(CN2CCN(C(=O)c3ccc(OCc4cn5cccc(C)c5n4)cc3)CC2)on1. The van der Waals surface area contributed by atoms with Gasteiger partial charge in [-0.05, 0) is 49.7 Å². The molecule has 1 amide bonds. The van der Waals surface area contributed by atoms with Crippen molar-refractivity contribution in [2.75, 3.05) is 26.2 Å². The lowest BCUT2D eigenvalue weighted by atomic mass is 10.1. The molecular formula is C25H27N5O3. The summed E-state index contributed by atoms with van der Waals surface area (Å²) in [5.74, 6) is 1.63. The monoisotopic (exact) mass is 445 g/mol. The molecule has 4 aromatic rings. The third-order valence-electron chi connectivity index (χ3n) is 5.93. The maximum atomic E-state index is 12.9. The molecule has 0 radical (unpaired) electrons. The van der Waals surface area contributed by atoms with Crippen molar-refractivity contribution >= 4 is 11.6 Å². The molecule has 0 bridgehead atoms. The van der Waals surface area contributed by atoms with Crippen molar-refractivity contribution in [2.24, 2.45) is 0 Å². The van der Waals surface area contributed by atoms with Gasteiger partial charge in [0.05, 0.1) is 17.9 Å². The van der Waals surface area contributed by atoms with E-state index in [1.165, 1.54) is 0 Å². The van der Waals surface area contributed by atoms with E-state index in [1.54, 1.807) is 0 Å². The number of aryl methyl sites for hydroxylation is 2. The summed E-state index contributed by atoms with van der Waals surface area (Å²) < 4.78 is 13.2. The van der Waals surface area contributed by atoms with Crippen LogP contribution in [0.2, 0.25) is 0 Å². The molecule has 3 aromatic heterocycles. The van der Waals surface area contributed by atoms with E-state index < -0.39 is 0 Å². The fourth-order valence-electron chi connectivity index (χ4n) is 4.13. The Morgan fingerprint density at radius 3 is 2.58 bits per heavy atom. The average Bonchev–Trinajstić information content (AvgIpc) is 3.44. The topological polar surface area (TPSA) is 76.1 Å². The minimum atomic E-state index is 0.0486. The summed E-state index contributed by atoms with van der Waals surface area (Å²) in [6, 6.07) is 13.3. The van der Waals surface area contributed by atoms with E-state index >= 15 is 0 Å². The Morgan fingerprint density at radius 2 is 1.88 bits per heavy atom. The third-order valence-corrected chi connectivity index (χ3v) is 5.93. The highest BCUT2D eigenvalue weighted by Crippen LogP contribution is 2.18. The second-order valence-electron chi connectivity index (χ2n) is 8.47. The van der Waals surface area contributed by atoms with Crippen molar-refractivity contribution in [2.45, 2.75) is 27.0 Å². The molecule has 1 aromatic carbocycles. The number of carbonyl (C=O) groups is 1. The van der Waals surface area contributed by atoms with E-state index in [0.29, 0.717) is 31.0 Å². The zero-order chi connectivity index (χ0) is 22.8. The lowest BCUT2D eigenvalue weighted by molar-refractivity contribution is 0.0617. The van der Waals surface area contributed by atoms with Crippen LogP contribution in [0.3, 0.4) is 0 Å². The van der Waals surface area contributed by atoms with Crippen LogP contribution in [0.4, 0.5) is 0 Å². The van der Waals surface area contributed by atoms with Crippen molar-refractivity contribution in [1.82, 2.24) is 24.3 Å². The Kier molecular flexibility index (Phi) is 5.83. The second-order valence-corrected chi connectivity index (χ2v) is 8.47. The van der Waals surface area contributed by atoms with Gasteiger partial charge in [-0.25, -0.2) is 4.98 Å². The molecule has 8 heteroatoms. The molecule has 8 nitrogen and oxygen atoms in total. The molecule has 0 unspecified atom stereocenters. The molecule has 0 saturated carbocycles. The number of rotatable bonds is 6. The number of aromatic nitrogens is 3. The molecule has 1 saturated heterocycles. The number of hydrogen-bond donors (Lipinski definition) is 0. The van der Waals surface area contributed by atoms with E-state index in [-0.39, 0.29) is 5.91 Å². The molecule has 5 rings (SSSR count). The van der Waals surface area contributed by atoms with Crippen LogP contribution in [0.15, 0.2) is 59.4 Å². The van der Waals surface area contributed by atoms with Crippen LogP contribution >= 0.6 is 0 Å². The number of benzene rings is 1. The Morgan fingerprint density at radius 1 is 1.09 bits per heavy atom. The van der Waals surface area contributed by atoms with Crippen LogP contribution < -0.4 is 4.74 Å². The van der Waals surface area contributed by atoms with E-state index in [1.807, 2.05) is 78.0 Å². The first-order valence-corrected chi connectivity index (χ1v) is 11.1. The predicted octanol–water partition coefficient (Wildman–Crippen LogP) is 3.48. The maximum Gasteiger partial charge on any atom is 0.253 e. The Labute approximate surface area is 192 Å². The van der Waals surface area contributed by atoms with Gasteiger partial charge in [0, 0.05) is 50.2 Å². The van der Waals surface area contributed by atoms with Crippen molar-refractivity contribution < 1.29 is 14.1 Å². The predicted molar refractivity (Wildman–Crippen MR) is 123 cm³/mol. The lowest BCUT2D eigenvalue weighted by Crippen LogP contribution is -2.48. The van der Waals surface area contributed by atoms with Gasteiger partial charge in [-0.3, -0.25) is 9.69 Å². The maximum absolute atomic E-state index is 12.9. The normalized spacial score (nSPS) is 14.7. The van der Waals surface area contributed by atoms with Crippen LogP contribution in [0.1, 0.15) is 33.1 Å². The minimum absolute atomic E-state index is 0.0486. The minimum Gasteiger partial charge on any atom is -0.487 e. The quantitative estimate of drug-likeness (QED) is 0.452. The second kappa shape index (κ2) is 9.07. The first-order chi connectivity index (χ1) is 16.0. The van der Waals surface area contributed by atoms with Crippen molar-refractivity contribution in [3.05, 3.63) is 83.1 Å². The van der Waals surface area contributed by atoms with Crippen LogP contribution in [0.5, 0.6) is 5.75 Å². The van der Waals surface area contributed by atoms with Gasteiger partial charge in [-0.2, -0.15) is 0 Å². The summed E-state index contributed by atoms with van der Waals surface area (Å²) in [6.45, 7) is 8.06. The average molecular weight is 446 g/mol. The Balaban J connectivity index is 1.14. The van der Waals surface area contributed by atoms with Gasteiger partial charge in [-0.15, -0.1) is 0 Å². The highest BCUT2D eigenvalue weighted by molar-refractivity contribution is 5.94. The molecule has 1 aliphatic rings. The van der Waals surface area contributed by atoms with Gasteiger partial charge >= 0.3 is 0 Å². The molecule has 4 heterocycles. The highest BCUT2D eigenvalue weighted by Gasteiger charge is 2.23. The number of fused-ring (bicyclic) bond motifs is 1.